The monoisotopic (exact) mass is 232 g/mol. The minimum atomic E-state index is -0.588. The van der Waals surface area contributed by atoms with Crippen molar-refractivity contribution in [2.45, 2.75) is 19.0 Å². The van der Waals surface area contributed by atoms with Crippen molar-refractivity contribution in [3.8, 4) is 0 Å². The maximum atomic E-state index is 11.8. The van der Waals surface area contributed by atoms with E-state index in [4.69, 9.17) is 14.9 Å². The van der Waals surface area contributed by atoms with Gasteiger partial charge >= 0.3 is 0 Å². The third-order valence-corrected chi connectivity index (χ3v) is 2.67. The van der Waals surface area contributed by atoms with Gasteiger partial charge in [-0.1, -0.05) is 6.92 Å². The molecule has 0 spiro atoms. The Labute approximate surface area is 95.0 Å². The van der Waals surface area contributed by atoms with E-state index in [0.717, 1.165) is 6.54 Å². The number of rotatable bonds is 6. The molecule has 1 saturated heterocycles. The van der Waals surface area contributed by atoms with Gasteiger partial charge in [0.1, 0.15) is 0 Å². The molecule has 0 saturated carbocycles. The molecule has 4 N–H and O–H groups in total. The molecule has 0 aliphatic carbocycles. The number of carbonyl (C=O) groups excluding carboxylic acids is 1. The molecule has 1 aliphatic rings. The lowest BCUT2D eigenvalue weighted by Gasteiger charge is -2.20. The largest absolute Gasteiger partial charge is 0.394 e. The van der Waals surface area contributed by atoms with Gasteiger partial charge in [0.2, 0.25) is 5.91 Å². The maximum Gasteiger partial charge on any atom is 0.227 e. The van der Waals surface area contributed by atoms with Crippen molar-refractivity contribution in [2.24, 2.45) is 5.92 Å². The number of aliphatic hydroxyl groups excluding tert-OH is 2. The van der Waals surface area contributed by atoms with E-state index in [9.17, 15) is 4.79 Å². The average molecular weight is 232 g/mol. The number of amides is 1. The molecule has 1 amide bonds. The lowest BCUT2D eigenvalue weighted by Crippen LogP contribution is -2.48. The van der Waals surface area contributed by atoms with Gasteiger partial charge in [0.05, 0.1) is 38.4 Å². The van der Waals surface area contributed by atoms with E-state index in [1.165, 1.54) is 0 Å². The van der Waals surface area contributed by atoms with Crippen molar-refractivity contribution in [3.05, 3.63) is 0 Å². The molecule has 0 aromatic rings. The zero-order valence-corrected chi connectivity index (χ0v) is 9.48. The Morgan fingerprint density at radius 3 is 2.69 bits per heavy atom. The number of hydrogen-bond donors (Lipinski definition) is 4. The fourth-order valence-corrected chi connectivity index (χ4v) is 1.73. The predicted molar refractivity (Wildman–Crippen MR) is 57.9 cm³/mol. The molecule has 6 nitrogen and oxygen atoms in total. The second kappa shape index (κ2) is 6.80. The molecule has 0 aromatic carbocycles. The Hall–Kier alpha value is -0.690. The molecule has 6 heteroatoms. The van der Waals surface area contributed by atoms with Crippen LogP contribution in [-0.4, -0.2) is 61.2 Å². The number of aliphatic hydroxyl groups is 2. The molecule has 2 unspecified atom stereocenters. The highest BCUT2D eigenvalue weighted by Crippen LogP contribution is 2.13. The minimum Gasteiger partial charge on any atom is -0.394 e. The Bertz CT molecular complexity index is 221. The van der Waals surface area contributed by atoms with E-state index >= 15 is 0 Å². The molecule has 0 bridgehead atoms. The Morgan fingerprint density at radius 1 is 1.44 bits per heavy atom. The molecular formula is C10H20N2O4. The van der Waals surface area contributed by atoms with Crippen LogP contribution in [0.15, 0.2) is 0 Å². The second-order valence-electron chi connectivity index (χ2n) is 3.88. The Morgan fingerprint density at radius 2 is 2.12 bits per heavy atom. The SMILES string of the molecule is CCNC1COCC1C(=O)NC(CO)CO. The number of nitrogens with one attached hydrogen (secondary N) is 2. The third kappa shape index (κ3) is 3.41. The van der Waals surface area contributed by atoms with Crippen LogP contribution in [-0.2, 0) is 9.53 Å². The molecule has 1 fully saturated rings. The molecule has 1 rings (SSSR count). The zero-order valence-electron chi connectivity index (χ0n) is 9.48. The van der Waals surface area contributed by atoms with Crippen molar-refractivity contribution >= 4 is 5.91 Å². The van der Waals surface area contributed by atoms with Crippen LogP contribution in [0.2, 0.25) is 0 Å². The second-order valence-corrected chi connectivity index (χ2v) is 3.88. The lowest BCUT2D eigenvalue weighted by molar-refractivity contribution is -0.126. The fraction of sp³-hybridized carbons (Fsp3) is 0.900. The van der Waals surface area contributed by atoms with Gasteiger partial charge < -0.3 is 25.6 Å². The van der Waals surface area contributed by atoms with Crippen molar-refractivity contribution in [2.75, 3.05) is 33.0 Å². The summed E-state index contributed by atoms with van der Waals surface area (Å²) in [4.78, 5) is 11.8. The topological polar surface area (TPSA) is 90.8 Å². The lowest BCUT2D eigenvalue weighted by atomic mass is 10.0. The highest BCUT2D eigenvalue weighted by atomic mass is 16.5. The summed E-state index contributed by atoms with van der Waals surface area (Å²) in [5.74, 6) is -0.433. The molecule has 94 valence electrons. The number of hydrogen-bond acceptors (Lipinski definition) is 5. The zero-order chi connectivity index (χ0) is 12.0. The van der Waals surface area contributed by atoms with Crippen LogP contribution in [0, 0.1) is 5.92 Å². The first kappa shape index (κ1) is 13.4. The summed E-state index contributed by atoms with van der Waals surface area (Å²) >= 11 is 0. The molecular weight excluding hydrogens is 212 g/mol. The minimum absolute atomic E-state index is 0.0167. The summed E-state index contributed by atoms with van der Waals surface area (Å²) < 4.78 is 5.24. The number of likely N-dealkylation sites (N-methyl/N-ethyl adjacent to an activating group) is 1. The molecule has 0 radical (unpaired) electrons. The van der Waals surface area contributed by atoms with Crippen LogP contribution in [0.4, 0.5) is 0 Å². The van der Waals surface area contributed by atoms with E-state index in [1.54, 1.807) is 0 Å². The van der Waals surface area contributed by atoms with Crippen LogP contribution < -0.4 is 10.6 Å². The molecule has 0 aromatic heterocycles. The summed E-state index contributed by atoms with van der Waals surface area (Å²) in [5.41, 5.74) is 0. The molecule has 2 atom stereocenters. The van der Waals surface area contributed by atoms with Gasteiger partial charge in [0.25, 0.3) is 0 Å². The number of ether oxygens (including phenoxy) is 1. The highest BCUT2D eigenvalue weighted by Gasteiger charge is 2.34. The first-order valence-electron chi connectivity index (χ1n) is 5.56. The molecule has 1 heterocycles. The van der Waals surface area contributed by atoms with Crippen LogP contribution in [0.3, 0.4) is 0 Å². The smallest absolute Gasteiger partial charge is 0.227 e. The van der Waals surface area contributed by atoms with E-state index in [2.05, 4.69) is 10.6 Å². The summed E-state index contributed by atoms with van der Waals surface area (Å²) in [7, 11) is 0. The summed E-state index contributed by atoms with van der Waals surface area (Å²) in [6.45, 7) is 3.13. The van der Waals surface area contributed by atoms with E-state index in [1.807, 2.05) is 6.92 Å². The van der Waals surface area contributed by atoms with Gasteiger partial charge in [-0.2, -0.15) is 0 Å². The standard InChI is InChI=1S/C10H20N2O4/c1-2-11-9-6-16-5-8(9)10(15)12-7(3-13)4-14/h7-9,11,13-14H,2-6H2,1H3,(H,12,15). The van der Waals surface area contributed by atoms with Crippen molar-refractivity contribution in [3.63, 3.8) is 0 Å². The van der Waals surface area contributed by atoms with Gasteiger partial charge in [0.15, 0.2) is 0 Å². The molecule has 16 heavy (non-hydrogen) atoms. The number of carbonyl (C=O) groups is 1. The summed E-state index contributed by atoms with van der Waals surface area (Å²) in [6, 6.07) is -0.571. The van der Waals surface area contributed by atoms with Gasteiger partial charge in [-0.15, -0.1) is 0 Å². The van der Waals surface area contributed by atoms with E-state index in [0.29, 0.717) is 13.2 Å². The van der Waals surface area contributed by atoms with Crippen LogP contribution in [0.1, 0.15) is 6.92 Å². The summed E-state index contributed by atoms with van der Waals surface area (Å²) in [6.07, 6.45) is 0. The summed E-state index contributed by atoms with van der Waals surface area (Å²) in [5, 5.41) is 23.5. The average Bonchev–Trinajstić information content (AvgIpc) is 2.74. The van der Waals surface area contributed by atoms with E-state index < -0.39 is 6.04 Å². The van der Waals surface area contributed by atoms with E-state index in [-0.39, 0.29) is 31.1 Å². The third-order valence-electron chi connectivity index (χ3n) is 2.67. The normalized spacial score (nSPS) is 25.0. The molecule has 1 aliphatic heterocycles. The van der Waals surface area contributed by atoms with Gasteiger partial charge in [0, 0.05) is 6.04 Å². The maximum absolute atomic E-state index is 11.8. The van der Waals surface area contributed by atoms with Crippen LogP contribution in [0.5, 0.6) is 0 Å². The first-order valence-corrected chi connectivity index (χ1v) is 5.56. The van der Waals surface area contributed by atoms with Gasteiger partial charge in [-0.3, -0.25) is 4.79 Å². The van der Waals surface area contributed by atoms with Crippen molar-refractivity contribution in [1.29, 1.82) is 0 Å². The fourth-order valence-electron chi connectivity index (χ4n) is 1.73. The van der Waals surface area contributed by atoms with Gasteiger partial charge in [-0.05, 0) is 6.54 Å². The quantitative estimate of drug-likeness (QED) is 0.428. The Kier molecular flexibility index (Phi) is 5.68. The van der Waals surface area contributed by atoms with Crippen LogP contribution >= 0.6 is 0 Å². The van der Waals surface area contributed by atoms with Crippen molar-refractivity contribution < 1.29 is 19.7 Å². The predicted octanol–water partition coefficient (Wildman–Crippen LogP) is -1.92. The highest BCUT2D eigenvalue weighted by molar-refractivity contribution is 5.80. The Balaban J connectivity index is 2.45. The van der Waals surface area contributed by atoms with Gasteiger partial charge in [-0.25, -0.2) is 0 Å². The first-order chi connectivity index (χ1) is 7.72. The van der Waals surface area contributed by atoms with Crippen molar-refractivity contribution in [1.82, 2.24) is 10.6 Å². The van der Waals surface area contributed by atoms with Crippen LogP contribution in [0.25, 0.3) is 0 Å².